The van der Waals surface area contributed by atoms with Crippen LogP contribution < -0.4 is 27.4 Å². The van der Waals surface area contributed by atoms with Gasteiger partial charge in [-0.1, -0.05) is 13.8 Å². The minimum atomic E-state index is -1.65. The number of carboxylic acids is 2. The first-order chi connectivity index (χ1) is 13.8. The molecule has 170 valence electrons. The molecule has 0 aromatic carbocycles. The summed E-state index contributed by atoms with van der Waals surface area (Å²) in [5.41, 5.74) is 10.6. The minimum absolute atomic E-state index is 0.159. The normalized spacial score (nSPS) is 13.6. The maximum Gasteiger partial charge on any atom is 0.326 e. The van der Waals surface area contributed by atoms with E-state index in [4.69, 9.17) is 21.7 Å². The molecule has 0 saturated heterocycles. The van der Waals surface area contributed by atoms with Crippen molar-refractivity contribution in [1.29, 1.82) is 0 Å². The Bertz CT molecular complexity index is 667. The third kappa shape index (κ3) is 11.6. The van der Waals surface area contributed by atoms with E-state index in [0.717, 1.165) is 0 Å². The van der Waals surface area contributed by atoms with Crippen LogP contribution in [-0.2, 0) is 28.8 Å². The third-order valence-corrected chi connectivity index (χ3v) is 3.80. The smallest absolute Gasteiger partial charge is 0.326 e. The van der Waals surface area contributed by atoms with Gasteiger partial charge in [0.15, 0.2) is 0 Å². The van der Waals surface area contributed by atoms with Crippen molar-refractivity contribution in [1.82, 2.24) is 16.0 Å². The highest BCUT2D eigenvalue weighted by Crippen LogP contribution is 2.03. The Morgan fingerprint density at radius 1 is 0.933 bits per heavy atom. The van der Waals surface area contributed by atoms with Crippen LogP contribution in [0.1, 0.15) is 39.5 Å². The van der Waals surface area contributed by atoms with E-state index in [1.54, 1.807) is 0 Å². The van der Waals surface area contributed by atoms with Gasteiger partial charge in [0.2, 0.25) is 23.6 Å². The van der Waals surface area contributed by atoms with Crippen LogP contribution in [0.2, 0.25) is 0 Å². The zero-order valence-corrected chi connectivity index (χ0v) is 16.8. The minimum Gasteiger partial charge on any atom is -0.481 e. The molecule has 0 fully saturated rings. The molecule has 3 atom stereocenters. The molecule has 0 aliphatic rings. The zero-order chi connectivity index (χ0) is 23.4. The van der Waals surface area contributed by atoms with Gasteiger partial charge >= 0.3 is 11.9 Å². The van der Waals surface area contributed by atoms with E-state index in [1.807, 2.05) is 19.2 Å². The summed E-state index contributed by atoms with van der Waals surface area (Å²) >= 11 is 0. The van der Waals surface area contributed by atoms with Gasteiger partial charge in [0, 0.05) is 6.42 Å². The molecule has 13 heteroatoms. The quantitative estimate of drug-likeness (QED) is 0.151. The lowest BCUT2D eigenvalue weighted by Gasteiger charge is -2.21. The summed E-state index contributed by atoms with van der Waals surface area (Å²) in [4.78, 5) is 69.1. The molecule has 0 aliphatic carbocycles. The number of amides is 4. The van der Waals surface area contributed by atoms with Crippen molar-refractivity contribution in [2.24, 2.45) is 17.4 Å². The number of carbonyl (C=O) groups is 6. The van der Waals surface area contributed by atoms with Gasteiger partial charge < -0.3 is 37.6 Å². The average molecular weight is 431 g/mol. The van der Waals surface area contributed by atoms with E-state index in [2.05, 4.69) is 10.6 Å². The van der Waals surface area contributed by atoms with E-state index in [-0.39, 0.29) is 12.3 Å². The molecule has 3 unspecified atom stereocenters. The van der Waals surface area contributed by atoms with Crippen molar-refractivity contribution in [3.8, 4) is 0 Å². The molecule has 4 amide bonds. The number of aliphatic carboxylic acids is 2. The summed E-state index contributed by atoms with van der Waals surface area (Å²) in [6.45, 7) is 3.22. The van der Waals surface area contributed by atoms with E-state index >= 15 is 0 Å². The highest BCUT2D eigenvalue weighted by molar-refractivity contribution is 5.93. The fourth-order valence-electron chi connectivity index (χ4n) is 2.37. The number of primary amides is 1. The predicted octanol–water partition coefficient (Wildman–Crippen LogP) is -2.73. The van der Waals surface area contributed by atoms with Gasteiger partial charge in [0.25, 0.3) is 0 Å². The van der Waals surface area contributed by atoms with Crippen LogP contribution in [0.4, 0.5) is 0 Å². The molecule has 0 radical (unpaired) electrons. The van der Waals surface area contributed by atoms with Crippen molar-refractivity contribution in [3.05, 3.63) is 0 Å². The van der Waals surface area contributed by atoms with Crippen molar-refractivity contribution in [2.45, 2.75) is 57.7 Å². The molecule has 0 spiro atoms. The first-order valence-corrected chi connectivity index (χ1v) is 9.19. The zero-order valence-electron chi connectivity index (χ0n) is 16.8. The summed E-state index contributed by atoms with van der Waals surface area (Å²) in [7, 11) is 0. The van der Waals surface area contributed by atoms with Crippen molar-refractivity contribution < 1.29 is 39.0 Å². The highest BCUT2D eigenvalue weighted by atomic mass is 16.4. The molecule has 0 aromatic rings. The van der Waals surface area contributed by atoms with Crippen LogP contribution in [-0.4, -0.2) is 70.5 Å². The summed E-state index contributed by atoms with van der Waals surface area (Å²) < 4.78 is 0. The maximum absolute atomic E-state index is 12.3. The SMILES string of the molecule is CC(C)CC(N)C(=O)NCC(=O)NC(CCC(=O)O)C(=O)NC(CC(N)=O)C(=O)O. The number of hydrogen-bond donors (Lipinski definition) is 7. The summed E-state index contributed by atoms with van der Waals surface area (Å²) in [6.07, 6.45) is -1.15. The number of rotatable bonds is 14. The van der Waals surface area contributed by atoms with E-state index < -0.39 is 73.1 Å². The third-order valence-electron chi connectivity index (χ3n) is 3.80. The van der Waals surface area contributed by atoms with E-state index in [9.17, 15) is 28.8 Å². The van der Waals surface area contributed by atoms with Crippen LogP contribution in [0.25, 0.3) is 0 Å². The standard InChI is InChI=1S/C17H29N5O8/c1-8(2)5-9(18)15(27)20-7-13(24)21-10(3-4-14(25)26)16(28)22-11(17(29)30)6-12(19)23/h8-11H,3-7,18H2,1-2H3,(H2,19,23)(H,20,27)(H,21,24)(H,22,28)(H,25,26)(H,29,30). The van der Waals surface area contributed by atoms with Crippen LogP contribution in [0.3, 0.4) is 0 Å². The van der Waals surface area contributed by atoms with Gasteiger partial charge in [0.05, 0.1) is 19.0 Å². The molecular weight excluding hydrogens is 402 g/mol. The maximum atomic E-state index is 12.3. The molecule has 0 saturated carbocycles. The first-order valence-electron chi connectivity index (χ1n) is 9.19. The van der Waals surface area contributed by atoms with Crippen molar-refractivity contribution >= 4 is 35.6 Å². The van der Waals surface area contributed by atoms with Crippen molar-refractivity contribution in [3.63, 3.8) is 0 Å². The number of nitrogens with one attached hydrogen (secondary N) is 3. The Hall–Kier alpha value is -3.22. The predicted molar refractivity (Wildman–Crippen MR) is 103 cm³/mol. The van der Waals surface area contributed by atoms with Crippen LogP contribution in [0, 0.1) is 5.92 Å². The van der Waals surface area contributed by atoms with Crippen LogP contribution >= 0.6 is 0 Å². The average Bonchev–Trinajstić information content (AvgIpc) is 2.61. The lowest BCUT2D eigenvalue weighted by atomic mass is 10.0. The van der Waals surface area contributed by atoms with Gasteiger partial charge in [-0.25, -0.2) is 4.79 Å². The molecule has 30 heavy (non-hydrogen) atoms. The summed E-state index contributed by atoms with van der Waals surface area (Å²) in [6, 6.07) is -3.88. The first kappa shape index (κ1) is 26.8. The van der Waals surface area contributed by atoms with Crippen molar-refractivity contribution in [2.75, 3.05) is 6.54 Å². The monoisotopic (exact) mass is 431 g/mol. The molecule has 0 bridgehead atoms. The summed E-state index contributed by atoms with van der Waals surface area (Å²) in [5.74, 6) is -5.99. The topological polar surface area (TPSA) is 231 Å². The lowest BCUT2D eigenvalue weighted by Crippen LogP contribution is -2.54. The molecule has 13 nitrogen and oxygen atoms in total. The highest BCUT2D eigenvalue weighted by Gasteiger charge is 2.28. The van der Waals surface area contributed by atoms with Gasteiger partial charge in [-0.15, -0.1) is 0 Å². The molecule has 0 heterocycles. The summed E-state index contributed by atoms with van der Waals surface area (Å²) in [5, 5.41) is 24.4. The lowest BCUT2D eigenvalue weighted by molar-refractivity contribution is -0.144. The molecule has 0 aliphatic heterocycles. The number of carboxylic acid groups (broad SMARTS) is 2. The number of carbonyl (C=O) groups excluding carboxylic acids is 4. The second-order valence-corrected chi connectivity index (χ2v) is 7.08. The van der Waals surface area contributed by atoms with E-state index in [0.29, 0.717) is 6.42 Å². The van der Waals surface area contributed by atoms with Crippen LogP contribution in [0.15, 0.2) is 0 Å². The Labute approximate surface area is 172 Å². The molecule has 0 rings (SSSR count). The molecule has 0 aromatic heterocycles. The molecule has 9 N–H and O–H groups in total. The fraction of sp³-hybridized carbons (Fsp3) is 0.647. The van der Waals surface area contributed by atoms with Crippen LogP contribution in [0.5, 0.6) is 0 Å². The Balaban J connectivity index is 4.98. The Morgan fingerprint density at radius 3 is 2.00 bits per heavy atom. The Morgan fingerprint density at radius 2 is 1.53 bits per heavy atom. The Kier molecular flexibility index (Phi) is 11.7. The van der Waals surface area contributed by atoms with Gasteiger partial charge in [-0.05, 0) is 18.8 Å². The van der Waals surface area contributed by atoms with Gasteiger partial charge in [0.1, 0.15) is 12.1 Å². The number of hydrogen-bond acceptors (Lipinski definition) is 7. The van der Waals surface area contributed by atoms with Gasteiger partial charge in [-0.2, -0.15) is 0 Å². The second kappa shape index (κ2) is 13.1. The largest absolute Gasteiger partial charge is 0.481 e. The molecular formula is C17H29N5O8. The van der Waals surface area contributed by atoms with Gasteiger partial charge in [-0.3, -0.25) is 24.0 Å². The van der Waals surface area contributed by atoms with E-state index in [1.165, 1.54) is 0 Å². The fourth-order valence-corrected chi connectivity index (χ4v) is 2.37. The second-order valence-electron chi connectivity index (χ2n) is 7.08. The number of nitrogens with two attached hydrogens (primary N) is 2.